The molecule has 1 saturated heterocycles. The maximum Gasteiger partial charge on any atom is 0.325 e. The Hall–Kier alpha value is -4.07. The second kappa shape index (κ2) is 8.30. The van der Waals surface area contributed by atoms with Crippen LogP contribution in [0, 0.1) is 13.8 Å². The molecule has 3 amide bonds. The summed E-state index contributed by atoms with van der Waals surface area (Å²) in [6.07, 6.45) is 0. The fraction of sp³-hybridized carbons (Fsp3) is 0.296. The number of aromatic nitrogens is 1. The van der Waals surface area contributed by atoms with Gasteiger partial charge in [-0.3, -0.25) is 14.5 Å². The Kier molecular flexibility index (Phi) is 5.39. The van der Waals surface area contributed by atoms with Crippen LogP contribution in [0.2, 0.25) is 0 Å². The Morgan fingerprint density at radius 2 is 1.77 bits per heavy atom. The van der Waals surface area contributed by atoms with Crippen LogP contribution in [0.4, 0.5) is 4.79 Å². The number of ether oxygens (including phenoxy) is 2. The van der Waals surface area contributed by atoms with E-state index in [0.29, 0.717) is 22.6 Å². The fourth-order valence-corrected chi connectivity index (χ4v) is 5.01. The van der Waals surface area contributed by atoms with Gasteiger partial charge in [0.15, 0.2) is 17.3 Å². The highest BCUT2D eigenvalue weighted by Crippen LogP contribution is 2.38. The first-order valence-corrected chi connectivity index (χ1v) is 11.5. The highest BCUT2D eigenvalue weighted by molar-refractivity contribution is 6.11. The quantitative estimate of drug-likeness (QED) is 0.430. The predicted molar refractivity (Wildman–Crippen MR) is 129 cm³/mol. The van der Waals surface area contributed by atoms with E-state index >= 15 is 0 Å². The van der Waals surface area contributed by atoms with Crippen molar-refractivity contribution in [3.63, 3.8) is 0 Å². The molecule has 3 heterocycles. The summed E-state index contributed by atoms with van der Waals surface area (Å²) in [5, 5.41) is 2.75. The lowest BCUT2D eigenvalue weighted by molar-refractivity contribution is -0.130. The lowest BCUT2D eigenvalue weighted by Gasteiger charge is -2.22. The summed E-state index contributed by atoms with van der Waals surface area (Å²) in [5.41, 5.74) is 2.62. The first-order valence-electron chi connectivity index (χ1n) is 11.5. The molecule has 0 spiro atoms. The van der Waals surface area contributed by atoms with Gasteiger partial charge >= 0.3 is 6.03 Å². The molecule has 0 saturated carbocycles. The van der Waals surface area contributed by atoms with Crippen LogP contribution in [0.15, 0.2) is 54.6 Å². The van der Waals surface area contributed by atoms with E-state index in [9.17, 15) is 14.4 Å². The molecule has 0 radical (unpaired) electrons. The van der Waals surface area contributed by atoms with Gasteiger partial charge in [-0.25, -0.2) is 4.79 Å². The van der Waals surface area contributed by atoms with Crippen molar-refractivity contribution in [3.8, 4) is 11.5 Å². The Balaban J connectivity index is 1.39. The number of aryl methyl sites for hydroxylation is 1. The van der Waals surface area contributed by atoms with E-state index in [2.05, 4.69) is 28.9 Å². The lowest BCUT2D eigenvalue weighted by atomic mass is 9.91. The molecule has 2 aliphatic rings. The number of Topliss-reactive ketones (excluding diaryl/α,β-unsaturated/α-hetero) is 1. The summed E-state index contributed by atoms with van der Waals surface area (Å²) in [7, 11) is 0. The Morgan fingerprint density at radius 1 is 1.06 bits per heavy atom. The molecule has 3 aromatic rings. The average Bonchev–Trinajstić information content (AvgIpc) is 3.50. The first-order chi connectivity index (χ1) is 16.7. The maximum absolute atomic E-state index is 13.4. The van der Waals surface area contributed by atoms with E-state index in [-0.39, 0.29) is 25.2 Å². The highest BCUT2D eigenvalue weighted by atomic mass is 16.7. The minimum atomic E-state index is -1.31. The third-order valence-electron chi connectivity index (χ3n) is 6.98. The number of urea groups is 1. The van der Waals surface area contributed by atoms with Crippen molar-refractivity contribution in [1.29, 1.82) is 0 Å². The molecule has 0 aliphatic carbocycles. The van der Waals surface area contributed by atoms with Crippen LogP contribution >= 0.6 is 0 Å². The van der Waals surface area contributed by atoms with Crippen molar-refractivity contribution in [1.82, 2.24) is 14.8 Å². The molecule has 1 aromatic heterocycles. The van der Waals surface area contributed by atoms with E-state index in [0.717, 1.165) is 21.9 Å². The summed E-state index contributed by atoms with van der Waals surface area (Å²) in [5.74, 6) is 0.325. The minimum absolute atomic E-state index is 0.0313. The van der Waals surface area contributed by atoms with Crippen LogP contribution in [0.3, 0.4) is 0 Å². The van der Waals surface area contributed by atoms with E-state index in [4.69, 9.17) is 9.47 Å². The number of hydrogen-bond donors (Lipinski definition) is 1. The van der Waals surface area contributed by atoms with Crippen molar-refractivity contribution in [2.45, 2.75) is 39.3 Å². The minimum Gasteiger partial charge on any atom is -0.454 e. The van der Waals surface area contributed by atoms with Crippen LogP contribution in [-0.2, 0) is 10.3 Å². The molecule has 8 nitrogen and oxygen atoms in total. The summed E-state index contributed by atoms with van der Waals surface area (Å²) >= 11 is 0. The van der Waals surface area contributed by atoms with Gasteiger partial charge in [-0.2, -0.15) is 0 Å². The van der Waals surface area contributed by atoms with E-state index in [1.54, 1.807) is 25.1 Å². The number of fused-ring (bicyclic) bond motifs is 1. The number of benzene rings is 2. The number of hydrogen-bond acceptors (Lipinski definition) is 5. The molecule has 2 atom stereocenters. The predicted octanol–water partition coefficient (Wildman–Crippen LogP) is 4.09. The second-order valence-corrected chi connectivity index (χ2v) is 9.18. The van der Waals surface area contributed by atoms with Gasteiger partial charge in [0.25, 0.3) is 5.91 Å². The van der Waals surface area contributed by atoms with E-state index < -0.39 is 17.5 Å². The number of ketones is 1. The van der Waals surface area contributed by atoms with Gasteiger partial charge in [-0.05, 0) is 57.0 Å². The van der Waals surface area contributed by atoms with Gasteiger partial charge in [0.1, 0.15) is 5.54 Å². The molecule has 8 heteroatoms. The third kappa shape index (κ3) is 3.65. The van der Waals surface area contributed by atoms with E-state index in [1.807, 2.05) is 38.1 Å². The van der Waals surface area contributed by atoms with Gasteiger partial charge in [0.05, 0.1) is 12.6 Å². The van der Waals surface area contributed by atoms with Gasteiger partial charge in [0, 0.05) is 17.0 Å². The monoisotopic (exact) mass is 473 g/mol. The van der Waals surface area contributed by atoms with Gasteiger partial charge in [0.2, 0.25) is 6.79 Å². The zero-order valence-electron chi connectivity index (χ0n) is 20.1. The molecule has 1 fully saturated rings. The van der Waals surface area contributed by atoms with Crippen LogP contribution < -0.4 is 14.8 Å². The molecular formula is C27H27N3O5. The topological polar surface area (TPSA) is 89.9 Å². The van der Waals surface area contributed by atoms with Crippen molar-refractivity contribution >= 4 is 17.7 Å². The Morgan fingerprint density at radius 3 is 2.51 bits per heavy atom. The van der Waals surface area contributed by atoms with Crippen molar-refractivity contribution in [3.05, 3.63) is 82.7 Å². The lowest BCUT2D eigenvalue weighted by Crippen LogP contribution is -2.41. The number of imide groups is 1. The Labute approximate surface area is 203 Å². The first kappa shape index (κ1) is 22.7. The summed E-state index contributed by atoms with van der Waals surface area (Å²) in [6, 6.07) is 16.4. The van der Waals surface area contributed by atoms with Gasteiger partial charge in [-0.1, -0.05) is 36.4 Å². The zero-order chi connectivity index (χ0) is 24.9. The maximum atomic E-state index is 13.4. The zero-order valence-corrected chi connectivity index (χ0v) is 20.1. The normalized spacial score (nSPS) is 19.7. The summed E-state index contributed by atoms with van der Waals surface area (Å²) in [6.45, 7) is 7.32. The SMILES string of the molecule is Cc1cc(C(=O)CN2C(=O)NC(C)(c3ccc4c(c3)OCO4)C2=O)c(C)n1C(C)c1ccccc1. The molecule has 2 aromatic carbocycles. The smallest absolute Gasteiger partial charge is 0.325 e. The van der Waals surface area contributed by atoms with Gasteiger partial charge in [-0.15, -0.1) is 0 Å². The van der Waals surface area contributed by atoms with Crippen LogP contribution in [0.1, 0.15) is 52.8 Å². The summed E-state index contributed by atoms with van der Waals surface area (Å²) < 4.78 is 12.9. The molecule has 180 valence electrons. The molecule has 0 bridgehead atoms. The largest absolute Gasteiger partial charge is 0.454 e. The standard InChI is InChI=1S/C27H27N3O5/c1-16-12-21(18(3)30(16)17(2)19-8-6-5-7-9-19)22(31)14-29-25(32)27(4,28-26(29)33)20-10-11-23-24(13-20)35-15-34-23/h5-13,17H,14-15H2,1-4H3,(H,28,33). The number of nitrogens with zero attached hydrogens (tertiary/aromatic N) is 2. The van der Waals surface area contributed by atoms with Gasteiger partial charge < -0.3 is 19.4 Å². The van der Waals surface area contributed by atoms with Crippen LogP contribution in [0.5, 0.6) is 11.5 Å². The molecule has 2 unspecified atom stereocenters. The fourth-order valence-electron chi connectivity index (χ4n) is 5.01. The number of carbonyl (C=O) groups excluding carboxylic acids is 3. The molecule has 1 N–H and O–H groups in total. The molecule has 35 heavy (non-hydrogen) atoms. The van der Waals surface area contributed by atoms with Crippen molar-refractivity contribution in [2.75, 3.05) is 13.3 Å². The third-order valence-corrected chi connectivity index (χ3v) is 6.98. The summed E-state index contributed by atoms with van der Waals surface area (Å²) in [4.78, 5) is 40.5. The number of carbonyl (C=O) groups is 3. The van der Waals surface area contributed by atoms with Crippen molar-refractivity contribution in [2.24, 2.45) is 0 Å². The molecule has 2 aliphatic heterocycles. The number of nitrogens with one attached hydrogen (secondary N) is 1. The van der Waals surface area contributed by atoms with Crippen LogP contribution in [-0.4, -0.2) is 40.5 Å². The van der Waals surface area contributed by atoms with Crippen LogP contribution in [0.25, 0.3) is 0 Å². The molecule has 5 rings (SSSR count). The highest BCUT2D eigenvalue weighted by Gasteiger charge is 2.50. The average molecular weight is 474 g/mol. The number of rotatable bonds is 6. The second-order valence-electron chi connectivity index (χ2n) is 9.18. The number of amides is 3. The Bertz CT molecular complexity index is 1350. The van der Waals surface area contributed by atoms with Crippen molar-refractivity contribution < 1.29 is 23.9 Å². The molecular weight excluding hydrogens is 446 g/mol. The van der Waals surface area contributed by atoms with E-state index in [1.165, 1.54) is 0 Å².